The van der Waals surface area contributed by atoms with Crippen LogP contribution in [-0.4, -0.2) is 34.1 Å². The minimum absolute atomic E-state index is 0.0740. The molecule has 2 aromatic rings. The molecule has 0 spiro atoms. The molecule has 27 heavy (non-hydrogen) atoms. The number of fused-ring (bicyclic) bond motifs is 1. The smallest absolute Gasteiger partial charge is 0.302 e. The quantitative estimate of drug-likeness (QED) is 0.507. The van der Waals surface area contributed by atoms with Crippen molar-refractivity contribution < 1.29 is 0 Å². The number of nitrogens with zero attached hydrogens (tertiary/aromatic N) is 3. The van der Waals surface area contributed by atoms with E-state index in [1.165, 1.54) is 35.2 Å². The predicted octanol–water partition coefficient (Wildman–Crippen LogP) is 4.06. The summed E-state index contributed by atoms with van der Waals surface area (Å²) in [4.78, 5) is 19.7. The van der Waals surface area contributed by atoms with E-state index >= 15 is 0 Å². The van der Waals surface area contributed by atoms with Crippen LogP contribution < -0.4 is 5.69 Å². The molecule has 0 bridgehead atoms. The number of aryl methyl sites for hydroxylation is 1. The van der Waals surface area contributed by atoms with Crippen molar-refractivity contribution in [2.24, 2.45) is 0 Å². The molecule has 1 aromatic carbocycles. The maximum atomic E-state index is 12.8. The zero-order chi connectivity index (χ0) is 19.2. The van der Waals surface area contributed by atoms with Gasteiger partial charge in [-0.2, -0.15) is 4.98 Å². The molecule has 0 amide bonds. The van der Waals surface area contributed by atoms with Crippen LogP contribution in [0.4, 0.5) is 0 Å². The maximum absolute atomic E-state index is 12.8. The van der Waals surface area contributed by atoms with E-state index in [1.807, 2.05) is 4.57 Å². The van der Waals surface area contributed by atoms with Crippen molar-refractivity contribution >= 4 is 11.8 Å². The largest absolute Gasteiger partial charge is 0.348 e. The van der Waals surface area contributed by atoms with Crippen LogP contribution in [0, 0.1) is 6.92 Å². The van der Waals surface area contributed by atoms with Crippen LogP contribution in [0.15, 0.2) is 34.1 Å². The van der Waals surface area contributed by atoms with Crippen LogP contribution in [0.3, 0.4) is 0 Å². The summed E-state index contributed by atoms with van der Waals surface area (Å²) in [5, 5.41) is 0.956. The fraction of sp³-hybridized carbons (Fsp3) is 0.545. The van der Waals surface area contributed by atoms with Crippen molar-refractivity contribution in [3.05, 3.63) is 57.1 Å². The summed E-state index contributed by atoms with van der Waals surface area (Å²) in [6.45, 7) is 10.2. The molecule has 1 aliphatic carbocycles. The normalized spacial score (nSPS) is 13.8. The van der Waals surface area contributed by atoms with E-state index in [0.29, 0.717) is 0 Å². The van der Waals surface area contributed by atoms with Crippen molar-refractivity contribution in [2.75, 3.05) is 19.6 Å². The summed E-state index contributed by atoms with van der Waals surface area (Å²) in [6.07, 6.45) is 4.41. The van der Waals surface area contributed by atoms with E-state index in [1.54, 1.807) is 11.8 Å². The lowest BCUT2D eigenvalue weighted by molar-refractivity contribution is 0.285. The Balaban J connectivity index is 1.84. The number of hydrogen-bond acceptors (Lipinski definition) is 4. The third-order valence-corrected chi connectivity index (χ3v) is 6.68. The van der Waals surface area contributed by atoms with Gasteiger partial charge < -0.3 is 4.90 Å². The van der Waals surface area contributed by atoms with Crippen molar-refractivity contribution in [2.45, 2.75) is 63.8 Å². The highest BCUT2D eigenvalue weighted by atomic mass is 32.2. The fourth-order valence-corrected chi connectivity index (χ4v) is 4.95. The van der Waals surface area contributed by atoms with E-state index in [2.05, 4.69) is 54.9 Å². The predicted molar refractivity (Wildman–Crippen MR) is 114 cm³/mol. The number of rotatable bonds is 8. The van der Waals surface area contributed by atoms with Crippen LogP contribution in [-0.2, 0) is 25.1 Å². The van der Waals surface area contributed by atoms with E-state index in [-0.39, 0.29) is 5.69 Å². The first-order valence-electron chi connectivity index (χ1n) is 10.2. The minimum Gasteiger partial charge on any atom is -0.302 e. The Labute approximate surface area is 167 Å². The van der Waals surface area contributed by atoms with Crippen molar-refractivity contribution in [3.63, 3.8) is 0 Å². The van der Waals surface area contributed by atoms with E-state index < -0.39 is 0 Å². The van der Waals surface area contributed by atoms with E-state index in [4.69, 9.17) is 0 Å². The van der Waals surface area contributed by atoms with E-state index in [9.17, 15) is 4.79 Å². The molecule has 4 nitrogen and oxygen atoms in total. The van der Waals surface area contributed by atoms with Gasteiger partial charge in [-0.15, -0.1) is 11.8 Å². The zero-order valence-corrected chi connectivity index (χ0v) is 17.6. The molecule has 3 rings (SSSR count). The molecule has 0 unspecified atom stereocenters. The Kier molecular flexibility index (Phi) is 7.13. The third kappa shape index (κ3) is 4.82. The van der Waals surface area contributed by atoms with Gasteiger partial charge in [-0.05, 0) is 56.8 Å². The second kappa shape index (κ2) is 9.56. The van der Waals surface area contributed by atoms with Gasteiger partial charge in [0.1, 0.15) is 5.03 Å². The minimum atomic E-state index is -0.0740. The Hall–Kier alpha value is -1.59. The van der Waals surface area contributed by atoms with Crippen LogP contribution in [0.5, 0.6) is 0 Å². The molecule has 5 heteroatoms. The number of aromatic nitrogens is 2. The van der Waals surface area contributed by atoms with Gasteiger partial charge in [-0.3, -0.25) is 4.57 Å². The first-order chi connectivity index (χ1) is 13.1. The van der Waals surface area contributed by atoms with Crippen LogP contribution in [0.1, 0.15) is 49.1 Å². The number of thioether (sulfide) groups is 1. The molecule has 146 valence electrons. The number of benzene rings is 1. The molecule has 1 heterocycles. The maximum Gasteiger partial charge on any atom is 0.348 e. The number of hydrogen-bond donors (Lipinski definition) is 0. The van der Waals surface area contributed by atoms with E-state index in [0.717, 1.165) is 49.8 Å². The van der Waals surface area contributed by atoms with Crippen molar-refractivity contribution in [3.8, 4) is 0 Å². The number of likely N-dealkylation sites (N-methyl/N-ethyl adjacent to an activating group) is 1. The highest BCUT2D eigenvalue weighted by Gasteiger charge is 2.20. The molecule has 1 aliphatic rings. The summed E-state index contributed by atoms with van der Waals surface area (Å²) in [7, 11) is 0. The van der Waals surface area contributed by atoms with Gasteiger partial charge in [-0.25, -0.2) is 4.79 Å². The van der Waals surface area contributed by atoms with Crippen molar-refractivity contribution in [1.29, 1.82) is 0 Å². The average molecular weight is 386 g/mol. The third-order valence-electron chi connectivity index (χ3n) is 5.61. The molecule has 1 aromatic heterocycles. The Morgan fingerprint density at radius 1 is 1.15 bits per heavy atom. The highest BCUT2D eigenvalue weighted by molar-refractivity contribution is 7.98. The molecule has 0 aliphatic heterocycles. The second-order valence-corrected chi connectivity index (χ2v) is 8.19. The second-order valence-electron chi connectivity index (χ2n) is 7.23. The summed E-state index contributed by atoms with van der Waals surface area (Å²) < 4.78 is 1.95. The molecule has 0 saturated carbocycles. The van der Waals surface area contributed by atoms with Gasteiger partial charge in [0.25, 0.3) is 0 Å². The molecular formula is C22H31N3OS. The molecule has 0 N–H and O–H groups in total. The van der Waals surface area contributed by atoms with Gasteiger partial charge in [0.2, 0.25) is 0 Å². The molecule has 0 fully saturated rings. The highest BCUT2D eigenvalue weighted by Crippen LogP contribution is 2.30. The SMILES string of the molecule is CCN(CC)CCn1c2c(c(SCc3ccccc3C)nc1=O)CCCC2. The molecule has 0 atom stereocenters. The first-order valence-corrected chi connectivity index (χ1v) is 11.1. The standard InChI is InChI=1S/C22H31N3OS/c1-4-24(5-2)14-15-25-20-13-9-8-12-19(20)21(23-22(25)26)27-16-18-11-7-6-10-17(18)3/h6-7,10-11H,4-5,8-9,12-16H2,1-3H3. The van der Waals surface area contributed by atoms with Crippen molar-refractivity contribution in [1.82, 2.24) is 14.5 Å². The summed E-state index contributed by atoms with van der Waals surface area (Å²) in [5.74, 6) is 0.870. The first kappa shape index (κ1) is 20.2. The zero-order valence-electron chi connectivity index (χ0n) is 16.8. The van der Waals surface area contributed by atoms with Crippen LogP contribution in [0.25, 0.3) is 0 Å². The van der Waals surface area contributed by atoms with Crippen LogP contribution in [0.2, 0.25) is 0 Å². The van der Waals surface area contributed by atoms with Gasteiger partial charge in [-0.1, -0.05) is 38.1 Å². The summed E-state index contributed by atoms with van der Waals surface area (Å²) in [5.41, 5.74) is 5.10. The molecule has 0 saturated heterocycles. The lowest BCUT2D eigenvalue weighted by atomic mass is 9.97. The molecular weight excluding hydrogens is 354 g/mol. The Morgan fingerprint density at radius 2 is 1.89 bits per heavy atom. The van der Waals surface area contributed by atoms with Gasteiger partial charge in [0, 0.05) is 30.1 Å². The van der Waals surface area contributed by atoms with Crippen LogP contribution >= 0.6 is 11.8 Å². The summed E-state index contributed by atoms with van der Waals surface area (Å²) in [6, 6.07) is 8.46. The van der Waals surface area contributed by atoms with Gasteiger partial charge in [0.15, 0.2) is 0 Å². The Bertz CT molecular complexity index is 827. The Morgan fingerprint density at radius 3 is 2.63 bits per heavy atom. The lowest BCUT2D eigenvalue weighted by Gasteiger charge is -2.25. The lowest BCUT2D eigenvalue weighted by Crippen LogP contribution is -2.35. The summed E-state index contributed by atoms with van der Waals surface area (Å²) >= 11 is 1.72. The average Bonchev–Trinajstić information content (AvgIpc) is 2.69. The van der Waals surface area contributed by atoms with Gasteiger partial charge >= 0.3 is 5.69 Å². The monoisotopic (exact) mass is 385 g/mol. The molecule has 0 radical (unpaired) electrons. The van der Waals surface area contributed by atoms with Gasteiger partial charge in [0.05, 0.1) is 0 Å². The fourth-order valence-electron chi connectivity index (χ4n) is 3.80. The topological polar surface area (TPSA) is 38.1 Å².